The van der Waals surface area contributed by atoms with E-state index in [9.17, 15) is 13.2 Å². The number of ether oxygens (including phenoxy) is 1. The highest BCUT2D eigenvalue weighted by molar-refractivity contribution is 9.10. The Hall–Kier alpha value is -1.90. The Morgan fingerprint density at radius 1 is 1.13 bits per heavy atom. The summed E-state index contributed by atoms with van der Waals surface area (Å²) < 4.78 is 34.7. The number of carbonyl (C=O) groups is 1. The molecule has 1 saturated carbocycles. The Morgan fingerprint density at radius 3 is 2.55 bits per heavy atom. The normalized spacial score (nSPS) is 19.3. The van der Waals surface area contributed by atoms with Crippen LogP contribution in [0, 0.1) is 0 Å². The summed E-state index contributed by atoms with van der Waals surface area (Å²) in [5, 5.41) is 0. The Kier molecular flexibility index (Phi) is 6.69. The quantitative estimate of drug-likeness (QED) is 0.629. The molecule has 1 fully saturated rings. The highest BCUT2D eigenvalue weighted by Gasteiger charge is 2.31. The van der Waals surface area contributed by atoms with Gasteiger partial charge in [0.2, 0.25) is 10.0 Å². The maximum absolute atomic E-state index is 12.8. The van der Waals surface area contributed by atoms with E-state index in [0.717, 1.165) is 47.8 Å². The summed E-state index contributed by atoms with van der Waals surface area (Å²) in [7, 11) is -3.55. The van der Waals surface area contributed by atoms with Crippen LogP contribution in [0.4, 0.5) is 5.69 Å². The number of amides is 1. The van der Waals surface area contributed by atoms with Crippen molar-refractivity contribution in [1.29, 1.82) is 0 Å². The smallest absolute Gasteiger partial charge is 0.265 e. The number of nitrogens with one attached hydrogen (secondary N) is 1. The van der Waals surface area contributed by atoms with Crippen molar-refractivity contribution in [3.8, 4) is 5.75 Å². The molecule has 1 N–H and O–H groups in total. The fraction of sp³-hybridized carbons (Fsp3) is 0.435. The van der Waals surface area contributed by atoms with Gasteiger partial charge in [-0.3, -0.25) is 4.79 Å². The van der Waals surface area contributed by atoms with Crippen LogP contribution in [-0.4, -0.2) is 33.0 Å². The second-order valence-corrected chi connectivity index (χ2v) is 10.9. The predicted molar refractivity (Wildman–Crippen MR) is 124 cm³/mol. The molecule has 1 atom stereocenters. The molecule has 1 amide bonds. The first-order valence-corrected chi connectivity index (χ1v) is 13.0. The van der Waals surface area contributed by atoms with Gasteiger partial charge in [-0.25, -0.2) is 13.1 Å². The van der Waals surface area contributed by atoms with Gasteiger partial charge in [-0.15, -0.1) is 0 Å². The second-order valence-electron chi connectivity index (χ2n) is 8.31. The molecule has 2 aromatic rings. The third-order valence-electron chi connectivity index (χ3n) is 5.95. The van der Waals surface area contributed by atoms with Gasteiger partial charge in [0, 0.05) is 22.2 Å². The molecule has 6 nitrogen and oxygen atoms in total. The number of nitrogens with zero attached hydrogens (tertiary/aromatic N) is 1. The highest BCUT2D eigenvalue weighted by atomic mass is 79.9. The van der Waals surface area contributed by atoms with Crippen LogP contribution < -0.4 is 14.4 Å². The molecule has 166 valence electrons. The van der Waals surface area contributed by atoms with Crippen LogP contribution in [0.3, 0.4) is 0 Å². The molecule has 1 heterocycles. The second kappa shape index (κ2) is 9.30. The van der Waals surface area contributed by atoms with Gasteiger partial charge in [0.25, 0.3) is 5.91 Å². The van der Waals surface area contributed by atoms with E-state index in [1.165, 1.54) is 18.6 Å². The number of halogens is 1. The van der Waals surface area contributed by atoms with E-state index in [2.05, 4.69) is 20.7 Å². The average molecular weight is 507 g/mol. The minimum Gasteiger partial charge on any atom is -0.484 e. The molecule has 0 spiro atoms. The number of anilines is 1. The lowest BCUT2D eigenvalue weighted by Gasteiger charge is -2.23. The highest BCUT2D eigenvalue weighted by Crippen LogP contribution is 2.34. The van der Waals surface area contributed by atoms with Gasteiger partial charge in [-0.1, -0.05) is 35.2 Å². The van der Waals surface area contributed by atoms with Gasteiger partial charge < -0.3 is 9.64 Å². The summed E-state index contributed by atoms with van der Waals surface area (Å²) in [6.07, 6.45) is 5.87. The Balaban J connectivity index is 1.37. The van der Waals surface area contributed by atoms with Crippen LogP contribution in [-0.2, 0) is 21.2 Å². The molecule has 0 aromatic heterocycles. The molecule has 2 aromatic carbocycles. The van der Waals surface area contributed by atoms with Crippen molar-refractivity contribution in [2.45, 2.75) is 62.4 Å². The van der Waals surface area contributed by atoms with Crippen molar-refractivity contribution in [3.63, 3.8) is 0 Å². The predicted octanol–water partition coefficient (Wildman–Crippen LogP) is 4.42. The lowest BCUT2D eigenvalue weighted by Crippen LogP contribution is -2.39. The van der Waals surface area contributed by atoms with E-state index in [0.29, 0.717) is 5.75 Å². The van der Waals surface area contributed by atoms with E-state index >= 15 is 0 Å². The van der Waals surface area contributed by atoms with Crippen LogP contribution in [0.25, 0.3) is 0 Å². The molecule has 0 bridgehead atoms. The molecule has 1 aliphatic carbocycles. The maximum Gasteiger partial charge on any atom is 0.265 e. The number of hydrogen-bond acceptors (Lipinski definition) is 4. The van der Waals surface area contributed by atoms with Crippen molar-refractivity contribution >= 4 is 37.5 Å². The molecule has 0 radical (unpaired) electrons. The molecule has 4 rings (SSSR count). The van der Waals surface area contributed by atoms with Crippen LogP contribution >= 0.6 is 15.9 Å². The molecule has 1 aliphatic heterocycles. The zero-order valence-corrected chi connectivity index (χ0v) is 19.9. The molecule has 8 heteroatoms. The summed E-state index contributed by atoms with van der Waals surface area (Å²) in [4.78, 5) is 14.8. The number of carbonyl (C=O) groups excluding carboxylic acids is 1. The van der Waals surface area contributed by atoms with Crippen molar-refractivity contribution < 1.29 is 17.9 Å². The van der Waals surface area contributed by atoms with E-state index in [4.69, 9.17) is 4.74 Å². The Labute approximate surface area is 192 Å². The first-order valence-electron chi connectivity index (χ1n) is 10.7. The molecule has 31 heavy (non-hydrogen) atoms. The summed E-state index contributed by atoms with van der Waals surface area (Å²) >= 11 is 3.47. The van der Waals surface area contributed by atoms with Crippen LogP contribution in [0.2, 0.25) is 0 Å². The maximum atomic E-state index is 12.8. The molecule has 0 unspecified atom stereocenters. The topological polar surface area (TPSA) is 75.7 Å². The lowest BCUT2D eigenvalue weighted by molar-refractivity contribution is -0.120. The Morgan fingerprint density at radius 2 is 1.84 bits per heavy atom. The zero-order valence-electron chi connectivity index (χ0n) is 17.5. The number of rotatable bonds is 6. The summed E-state index contributed by atoms with van der Waals surface area (Å²) in [5.41, 5.74) is 2.05. The van der Waals surface area contributed by atoms with Crippen molar-refractivity contribution in [2.75, 3.05) is 11.5 Å². The van der Waals surface area contributed by atoms with E-state index in [1.807, 2.05) is 25.1 Å². The van der Waals surface area contributed by atoms with Gasteiger partial charge in [0.15, 0.2) is 6.61 Å². The van der Waals surface area contributed by atoms with E-state index < -0.39 is 10.0 Å². The number of sulfonamides is 1. The number of benzene rings is 2. The van der Waals surface area contributed by atoms with Gasteiger partial charge in [-0.2, -0.15) is 0 Å². The Bertz CT molecular complexity index is 1050. The van der Waals surface area contributed by atoms with E-state index in [-0.39, 0.29) is 29.5 Å². The monoisotopic (exact) mass is 506 g/mol. The van der Waals surface area contributed by atoms with Gasteiger partial charge in [0.05, 0.1) is 4.90 Å². The first kappa shape index (κ1) is 22.3. The van der Waals surface area contributed by atoms with Gasteiger partial charge in [-0.05, 0) is 74.2 Å². The summed E-state index contributed by atoms with van der Waals surface area (Å²) in [6, 6.07) is 12.2. The SMILES string of the molecule is C[C@@H]1Cc2cc(Br)ccc2N1C(=O)COc1ccc(S(=O)(=O)NC2CCCCC2)cc1. The van der Waals surface area contributed by atoms with Gasteiger partial charge >= 0.3 is 0 Å². The third kappa shape index (κ3) is 5.13. The summed E-state index contributed by atoms with van der Waals surface area (Å²) in [6.45, 7) is 1.91. The molecule has 2 aliphatic rings. The minimum atomic E-state index is -3.55. The van der Waals surface area contributed by atoms with Crippen LogP contribution in [0.1, 0.15) is 44.6 Å². The van der Waals surface area contributed by atoms with Gasteiger partial charge in [0.1, 0.15) is 5.75 Å². The lowest BCUT2D eigenvalue weighted by atomic mass is 9.96. The van der Waals surface area contributed by atoms with Crippen molar-refractivity contribution in [2.24, 2.45) is 0 Å². The fourth-order valence-corrected chi connectivity index (χ4v) is 6.13. The van der Waals surface area contributed by atoms with Crippen molar-refractivity contribution in [1.82, 2.24) is 4.72 Å². The largest absolute Gasteiger partial charge is 0.484 e. The minimum absolute atomic E-state index is 0.0123. The number of hydrogen-bond donors (Lipinski definition) is 1. The first-order chi connectivity index (χ1) is 14.8. The van der Waals surface area contributed by atoms with Crippen molar-refractivity contribution in [3.05, 3.63) is 52.5 Å². The zero-order chi connectivity index (χ0) is 22.0. The average Bonchev–Trinajstić information content (AvgIpc) is 3.07. The standard InChI is InChI=1S/C23H27BrN2O4S/c1-16-13-17-14-18(24)7-12-22(17)26(16)23(27)15-30-20-8-10-21(11-9-20)31(28,29)25-19-5-3-2-4-6-19/h7-12,14,16,19,25H,2-6,13,15H2,1H3/t16-/m1/s1. The molecular formula is C23H27BrN2O4S. The fourth-order valence-electron chi connectivity index (χ4n) is 4.42. The number of fused-ring (bicyclic) bond motifs is 1. The molecule has 0 saturated heterocycles. The summed E-state index contributed by atoms with van der Waals surface area (Å²) in [5.74, 6) is 0.345. The van der Waals surface area contributed by atoms with E-state index in [1.54, 1.807) is 17.0 Å². The third-order valence-corrected chi connectivity index (χ3v) is 7.98. The molecular weight excluding hydrogens is 480 g/mol. The van der Waals surface area contributed by atoms with Crippen LogP contribution in [0.15, 0.2) is 51.8 Å². The van der Waals surface area contributed by atoms with Crippen LogP contribution in [0.5, 0.6) is 5.75 Å².